The largest absolute Gasteiger partial charge is 0.467 e. The molecule has 0 aliphatic carbocycles. The van der Waals surface area contributed by atoms with E-state index in [4.69, 9.17) is 4.74 Å². The maximum Gasteiger partial charge on any atom is 0.254 e. The summed E-state index contributed by atoms with van der Waals surface area (Å²) in [6.45, 7) is 16.4. The number of carbonyl (C=O) groups excluding carboxylic acids is 1. The first-order chi connectivity index (χ1) is 8.86. The molecule has 1 aliphatic heterocycles. The van der Waals surface area contributed by atoms with Crippen molar-refractivity contribution < 1.29 is 9.53 Å². The van der Waals surface area contributed by atoms with Gasteiger partial charge in [-0.3, -0.25) is 4.79 Å². The van der Waals surface area contributed by atoms with E-state index in [-0.39, 0.29) is 23.8 Å². The lowest BCUT2D eigenvalue weighted by Gasteiger charge is -2.31. The number of hydrogen-bond donors (Lipinski definition) is 0. The molecule has 0 saturated heterocycles. The minimum atomic E-state index is -0.000602. The average molecular weight is 267 g/mol. The predicted molar refractivity (Wildman–Crippen MR) is 80.3 cm³/mol. The van der Waals surface area contributed by atoms with E-state index in [9.17, 15) is 4.79 Å². The van der Waals surface area contributed by atoms with Crippen molar-refractivity contribution in [2.24, 2.45) is 11.8 Å². The van der Waals surface area contributed by atoms with E-state index in [2.05, 4.69) is 27.7 Å². The lowest BCUT2D eigenvalue weighted by Crippen LogP contribution is -2.37. The molecule has 1 heterocycles. The summed E-state index contributed by atoms with van der Waals surface area (Å²) >= 11 is 0. The number of nitrogens with zero attached hydrogens (tertiary/aromatic N) is 1. The summed E-state index contributed by atoms with van der Waals surface area (Å²) in [5.74, 6) is 1.43. The van der Waals surface area contributed by atoms with Crippen LogP contribution in [0.4, 0.5) is 0 Å². The summed E-state index contributed by atoms with van der Waals surface area (Å²) < 4.78 is 5.63. The topological polar surface area (TPSA) is 29.5 Å². The molecule has 1 amide bonds. The molecule has 1 rings (SSSR count). The van der Waals surface area contributed by atoms with Crippen molar-refractivity contribution in [1.82, 2.24) is 4.90 Å². The molecule has 0 fully saturated rings. The number of rotatable bonds is 3. The Morgan fingerprint density at radius 3 is 1.89 bits per heavy atom. The van der Waals surface area contributed by atoms with E-state index >= 15 is 0 Å². The molecule has 3 nitrogen and oxygen atoms in total. The van der Waals surface area contributed by atoms with Crippen LogP contribution in [-0.2, 0) is 9.53 Å². The molecule has 0 radical (unpaired) electrons. The van der Waals surface area contributed by atoms with Gasteiger partial charge < -0.3 is 9.64 Å². The van der Waals surface area contributed by atoms with Crippen LogP contribution in [0.3, 0.4) is 0 Å². The Bertz CT molecular complexity index is 352. The van der Waals surface area contributed by atoms with Crippen molar-refractivity contribution in [2.75, 3.05) is 0 Å². The number of hydrogen-bond acceptors (Lipinski definition) is 2. The van der Waals surface area contributed by atoms with Gasteiger partial charge in [0.2, 0.25) is 0 Å². The molecule has 0 aromatic rings. The molecule has 19 heavy (non-hydrogen) atoms. The number of ether oxygens (including phenoxy) is 1. The molecule has 0 aromatic carbocycles. The highest BCUT2D eigenvalue weighted by Gasteiger charge is 2.28. The van der Waals surface area contributed by atoms with Crippen molar-refractivity contribution in [3.8, 4) is 0 Å². The Balaban J connectivity index is 0.00000154. The summed E-state index contributed by atoms with van der Waals surface area (Å²) in [5, 5.41) is 0. The molecule has 0 bridgehead atoms. The number of allylic oxidation sites excluding steroid dienone is 2. The van der Waals surface area contributed by atoms with Crippen LogP contribution in [0.2, 0.25) is 0 Å². The fourth-order valence-electron chi connectivity index (χ4n) is 2.07. The van der Waals surface area contributed by atoms with Crippen molar-refractivity contribution in [3.05, 3.63) is 23.8 Å². The smallest absolute Gasteiger partial charge is 0.254 e. The van der Waals surface area contributed by atoms with Gasteiger partial charge in [-0.15, -0.1) is 0 Å². The summed E-state index contributed by atoms with van der Waals surface area (Å²) in [7, 11) is 0. The molecule has 0 spiro atoms. The van der Waals surface area contributed by atoms with Gasteiger partial charge in [-0.2, -0.15) is 0 Å². The Morgan fingerprint density at radius 1 is 1.00 bits per heavy atom. The van der Waals surface area contributed by atoms with Crippen LogP contribution >= 0.6 is 0 Å². The zero-order valence-corrected chi connectivity index (χ0v) is 13.7. The molecule has 0 atom stereocenters. The van der Waals surface area contributed by atoms with E-state index in [0.717, 1.165) is 11.5 Å². The van der Waals surface area contributed by atoms with Gasteiger partial charge in [0.05, 0.1) is 12.0 Å². The summed E-state index contributed by atoms with van der Waals surface area (Å²) in [6.07, 6.45) is 3.00. The van der Waals surface area contributed by atoms with Gasteiger partial charge in [0.1, 0.15) is 5.76 Å². The molecule has 0 aromatic heterocycles. The molecular formula is C16H29NO2. The summed E-state index contributed by atoms with van der Waals surface area (Å²) in [5.41, 5.74) is 1.00. The first-order valence-electron chi connectivity index (χ1n) is 7.26. The Hall–Kier alpha value is -1.25. The first kappa shape index (κ1) is 17.8. The van der Waals surface area contributed by atoms with Gasteiger partial charge in [0.25, 0.3) is 5.91 Å². The monoisotopic (exact) mass is 267 g/mol. The van der Waals surface area contributed by atoms with Crippen molar-refractivity contribution in [3.63, 3.8) is 0 Å². The zero-order chi connectivity index (χ0) is 15.2. The van der Waals surface area contributed by atoms with Crippen LogP contribution in [-0.4, -0.2) is 16.8 Å². The maximum absolute atomic E-state index is 12.1. The first-order valence-corrected chi connectivity index (χ1v) is 7.26. The molecule has 3 heteroatoms. The fraction of sp³-hybridized carbons (Fsp3) is 0.688. The van der Waals surface area contributed by atoms with Gasteiger partial charge in [0.15, 0.2) is 0 Å². The van der Waals surface area contributed by atoms with E-state index in [1.54, 1.807) is 0 Å². The van der Waals surface area contributed by atoms with Gasteiger partial charge in [0, 0.05) is 18.0 Å². The predicted octanol–water partition coefficient (Wildman–Crippen LogP) is 4.32. The summed E-state index contributed by atoms with van der Waals surface area (Å²) in [6, 6.07) is 0.139. The third-order valence-corrected chi connectivity index (χ3v) is 2.74. The third-order valence-electron chi connectivity index (χ3n) is 2.74. The lowest BCUT2D eigenvalue weighted by atomic mass is 10.0. The highest BCUT2D eigenvalue weighted by atomic mass is 16.5. The zero-order valence-electron chi connectivity index (χ0n) is 13.7. The van der Waals surface area contributed by atoms with Crippen molar-refractivity contribution in [1.29, 1.82) is 0 Å². The Kier molecular flexibility index (Phi) is 7.50. The quantitative estimate of drug-likeness (QED) is 0.762. The minimum Gasteiger partial charge on any atom is -0.467 e. The highest BCUT2D eigenvalue weighted by Crippen LogP contribution is 2.29. The minimum absolute atomic E-state index is 0.000602. The summed E-state index contributed by atoms with van der Waals surface area (Å²) in [4.78, 5) is 13.9. The Morgan fingerprint density at radius 2 is 1.53 bits per heavy atom. The van der Waals surface area contributed by atoms with E-state index in [0.29, 0.717) is 0 Å². The fourth-order valence-corrected chi connectivity index (χ4v) is 2.07. The molecule has 110 valence electrons. The van der Waals surface area contributed by atoms with Crippen LogP contribution in [0.25, 0.3) is 0 Å². The average Bonchev–Trinajstić information content (AvgIpc) is 2.50. The third kappa shape index (κ3) is 4.41. The molecule has 0 saturated carbocycles. The van der Waals surface area contributed by atoms with Gasteiger partial charge >= 0.3 is 0 Å². The SMILES string of the molecule is CC.CC(C)C1=C(C(C)C)N(C(C)C)C(=O)C=CO1. The molecule has 1 aliphatic rings. The second-order valence-corrected chi connectivity index (χ2v) is 5.28. The van der Waals surface area contributed by atoms with Crippen LogP contribution < -0.4 is 0 Å². The maximum atomic E-state index is 12.1. The van der Waals surface area contributed by atoms with Crippen molar-refractivity contribution in [2.45, 2.75) is 61.4 Å². The van der Waals surface area contributed by atoms with Gasteiger partial charge in [-0.25, -0.2) is 0 Å². The van der Waals surface area contributed by atoms with Crippen LogP contribution in [0.15, 0.2) is 23.8 Å². The molecule has 0 N–H and O–H groups in total. The van der Waals surface area contributed by atoms with Crippen molar-refractivity contribution >= 4 is 5.91 Å². The Labute approximate surface area is 118 Å². The van der Waals surface area contributed by atoms with E-state index in [1.807, 2.05) is 32.6 Å². The standard InChI is InChI=1S/C14H23NO2.C2H6/c1-9(2)13-14(10(3)4)17-8-7-12(16)15(13)11(5)6;1-2/h7-11H,1-6H3;1-2H3. The highest BCUT2D eigenvalue weighted by molar-refractivity contribution is 5.89. The van der Waals surface area contributed by atoms with Crippen LogP contribution in [0, 0.1) is 11.8 Å². The van der Waals surface area contributed by atoms with Crippen LogP contribution in [0.5, 0.6) is 0 Å². The number of amides is 1. The molecular weight excluding hydrogens is 238 g/mol. The number of carbonyl (C=O) groups is 1. The van der Waals surface area contributed by atoms with Gasteiger partial charge in [-0.1, -0.05) is 41.5 Å². The lowest BCUT2D eigenvalue weighted by molar-refractivity contribution is -0.126. The second kappa shape index (κ2) is 8.03. The van der Waals surface area contributed by atoms with Gasteiger partial charge in [-0.05, 0) is 19.8 Å². The second-order valence-electron chi connectivity index (χ2n) is 5.28. The normalized spacial score (nSPS) is 15.7. The van der Waals surface area contributed by atoms with E-state index in [1.165, 1.54) is 12.3 Å². The molecule has 0 unspecified atom stereocenters. The van der Waals surface area contributed by atoms with E-state index < -0.39 is 0 Å². The van der Waals surface area contributed by atoms with Crippen LogP contribution in [0.1, 0.15) is 55.4 Å².